The van der Waals surface area contributed by atoms with E-state index in [9.17, 15) is 14.0 Å². The third-order valence-electron chi connectivity index (χ3n) is 4.53. The lowest BCUT2D eigenvalue weighted by molar-refractivity contribution is 0.0728. The molecule has 0 atom stereocenters. The number of ether oxygens (including phenoxy) is 3. The zero-order chi connectivity index (χ0) is 24.3. The number of hydrazone groups is 1. The first-order valence-electron chi connectivity index (χ1n) is 10.8. The molecule has 0 unspecified atom stereocenters. The predicted octanol–water partition coefficient (Wildman–Crippen LogP) is 5.00. The number of esters is 1. The fourth-order valence-corrected chi connectivity index (χ4v) is 2.89. The zero-order valence-corrected chi connectivity index (χ0v) is 18.9. The molecule has 0 saturated heterocycles. The molecule has 0 fully saturated rings. The van der Waals surface area contributed by atoms with Gasteiger partial charge >= 0.3 is 5.97 Å². The van der Waals surface area contributed by atoms with Crippen LogP contribution >= 0.6 is 0 Å². The van der Waals surface area contributed by atoms with E-state index < -0.39 is 17.7 Å². The highest BCUT2D eigenvalue weighted by atomic mass is 19.1. The molecule has 3 aromatic rings. The van der Waals surface area contributed by atoms with Gasteiger partial charge in [-0.25, -0.2) is 14.6 Å². The van der Waals surface area contributed by atoms with E-state index in [2.05, 4.69) is 10.5 Å². The maximum Gasteiger partial charge on any atom is 0.343 e. The summed E-state index contributed by atoms with van der Waals surface area (Å²) in [5.74, 6) is -0.589. The number of nitrogens with one attached hydrogen (secondary N) is 1. The number of hydrogen-bond acceptors (Lipinski definition) is 6. The summed E-state index contributed by atoms with van der Waals surface area (Å²) < 4.78 is 30.3. The Bertz CT molecular complexity index is 1160. The molecule has 3 aromatic carbocycles. The number of hydrogen-bond donors (Lipinski definition) is 1. The second kappa shape index (κ2) is 12.2. The van der Waals surface area contributed by atoms with Crippen LogP contribution in [0.25, 0.3) is 0 Å². The van der Waals surface area contributed by atoms with Gasteiger partial charge in [0.05, 0.1) is 30.6 Å². The van der Waals surface area contributed by atoms with Crippen molar-refractivity contribution in [1.29, 1.82) is 0 Å². The van der Waals surface area contributed by atoms with Crippen LogP contribution in [0, 0.1) is 5.82 Å². The van der Waals surface area contributed by atoms with Gasteiger partial charge in [-0.05, 0) is 73.5 Å². The largest absolute Gasteiger partial charge is 0.494 e. The van der Waals surface area contributed by atoms with E-state index in [-0.39, 0.29) is 11.3 Å². The Hall–Kier alpha value is -4.20. The molecule has 0 bridgehead atoms. The number of carbonyl (C=O) groups excluding carboxylic acids is 2. The standard InChI is InChI=1S/C26H25FN2O5/c1-3-15-33-20-12-10-19(11-13-20)26(31)34-23-14-9-18(16-24(23)32-4-2)17-28-29-25(30)21-7-5-6-8-22(21)27/h5-14,16-17H,3-4,15H2,1-2H3,(H,29,30). The van der Waals surface area contributed by atoms with Gasteiger partial charge in [-0.3, -0.25) is 4.79 Å². The highest BCUT2D eigenvalue weighted by Gasteiger charge is 2.14. The van der Waals surface area contributed by atoms with Gasteiger partial charge in [0.25, 0.3) is 5.91 Å². The van der Waals surface area contributed by atoms with Crippen molar-refractivity contribution in [2.75, 3.05) is 13.2 Å². The van der Waals surface area contributed by atoms with Crippen LogP contribution in [0.1, 0.15) is 46.5 Å². The van der Waals surface area contributed by atoms with E-state index in [1.54, 1.807) is 55.5 Å². The molecule has 1 N–H and O–H groups in total. The first kappa shape index (κ1) is 24.4. The molecule has 0 spiro atoms. The first-order chi connectivity index (χ1) is 16.5. The van der Waals surface area contributed by atoms with Crippen molar-refractivity contribution in [2.24, 2.45) is 5.10 Å². The molecule has 0 heterocycles. The first-order valence-corrected chi connectivity index (χ1v) is 10.8. The second-order valence-corrected chi connectivity index (χ2v) is 7.08. The Labute approximate surface area is 197 Å². The number of amides is 1. The predicted molar refractivity (Wildman–Crippen MR) is 126 cm³/mol. The minimum atomic E-state index is -0.670. The average Bonchev–Trinajstić information content (AvgIpc) is 2.85. The zero-order valence-electron chi connectivity index (χ0n) is 18.9. The summed E-state index contributed by atoms with van der Waals surface area (Å²) >= 11 is 0. The maximum absolute atomic E-state index is 13.7. The minimum Gasteiger partial charge on any atom is -0.494 e. The van der Waals surface area contributed by atoms with Gasteiger partial charge in [-0.1, -0.05) is 19.1 Å². The lowest BCUT2D eigenvalue weighted by atomic mass is 10.2. The highest BCUT2D eigenvalue weighted by molar-refractivity contribution is 5.95. The molecule has 34 heavy (non-hydrogen) atoms. The van der Waals surface area contributed by atoms with Gasteiger partial charge in [0.1, 0.15) is 11.6 Å². The number of benzene rings is 3. The molecule has 8 heteroatoms. The normalized spacial score (nSPS) is 10.7. The van der Waals surface area contributed by atoms with E-state index in [4.69, 9.17) is 14.2 Å². The average molecular weight is 464 g/mol. The smallest absolute Gasteiger partial charge is 0.343 e. The topological polar surface area (TPSA) is 86.2 Å². The van der Waals surface area contributed by atoms with Gasteiger partial charge in [-0.15, -0.1) is 0 Å². The van der Waals surface area contributed by atoms with Crippen molar-refractivity contribution < 1.29 is 28.2 Å². The molecule has 0 aliphatic heterocycles. The van der Waals surface area contributed by atoms with Gasteiger partial charge < -0.3 is 14.2 Å². The lowest BCUT2D eigenvalue weighted by Crippen LogP contribution is -2.18. The monoisotopic (exact) mass is 464 g/mol. The van der Waals surface area contributed by atoms with Crippen LogP contribution in [0.15, 0.2) is 71.8 Å². The Morgan fingerprint density at radius 1 is 0.971 bits per heavy atom. The third kappa shape index (κ3) is 6.65. The number of nitrogens with zero attached hydrogens (tertiary/aromatic N) is 1. The lowest BCUT2D eigenvalue weighted by Gasteiger charge is -2.12. The Morgan fingerprint density at radius 3 is 2.44 bits per heavy atom. The van der Waals surface area contributed by atoms with Gasteiger partial charge in [0.15, 0.2) is 11.5 Å². The molecule has 0 aliphatic rings. The van der Waals surface area contributed by atoms with Crippen LogP contribution < -0.4 is 19.6 Å². The summed E-state index contributed by atoms with van der Waals surface area (Å²) in [6.07, 6.45) is 2.27. The van der Waals surface area contributed by atoms with Gasteiger partial charge in [0, 0.05) is 0 Å². The van der Waals surface area contributed by atoms with Gasteiger partial charge in [-0.2, -0.15) is 5.10 Å². The van der Waals surface area contributed by atoms with E-state index in [1.807, 2.05) is 6.92 Å². The van der Waals surface area contributed by atoms with E-state index in [0.717, 1.165) is 6.42 Å². The maximum atomic E-state index is 13.7. The molecule has 3 rings (SSSR count). The molecular weight excluding hydrogens is 439 g/mol. The SMILES string of the molecule is CCCOc1ccc(C(=O)Oc2ccc(C=NNC(=O)c3ccccc3F)cc2OCC)cc1. The van der Waals surface area contributed by atoms with E-state index >= 15 is 0 Å². The number of rotatable bonds is 10. The number of halogens is 1. The fraction of sp³-hybridized carbons (Fsp3) is 0.192. The van der Waals surface area contributed by atoms with Crippen molar-refractivity contribution in [2.45, 2.75) is 20.3 Å². The van der Waals surface area contributed by atoms with Crippen LogP contribution in [0.3, 0.4) is 0 Å². The third-order valence-corrected chi connectivity index (χ3v) is 4.53. The molecule has 0 radical (unpaired) electrons. The summed E-state index contributed by atoms with van der Waals surface area (Å²) in [5.41, 5.74) is 3.12. The summed E-state index contributed by atoms with van der Waals surface area (Å²) in [6, 6.07) is 17.1. The molecule has 0 aliphatic carbocycles. The Kier molecular flexibility index (Phi) is 8.73. The summed E-state index contributed by atoms with van der Waals surface area (Å²) in [6.45, 7) is 4.76. The summed E-state index contributed by atoms with van der Waals surface area (Å²) in [7, 11) is 0. The summed E-state index contributed by atoms with van der Waals surface area (Å²) in [4.78, 5) is 24.6. The quantitative estimate of drug-likeness (QED) is 0.198. The van der Waals surface area contributed by atoms with Crippen molar-refractivity contribution >= 4 is 18.1 Å². The Morgan fingerprint density at radius 2 is 1.74 bits per heavy atom. The molecule has 0 aromatic heterocycles. The van der Waals surface area contributed by atoms with Crippen LogP contribution in [0.5, 0.6) is 17.2 Å². The molecule has 176 valence electrons. The minimum absolute atomic E-state index is 0.109. The van der Waals surface area contributed by atoms with Crippen LogP contribution in [0.2, 0.25) is 0 Å². The van der Waals surface area contributed by atoms with Crippen molar-refractivity contribution in [3.8, 4) is 17.2 Å². The Balaban J connectivity index is 1.67. The molecule has 1 amide bonds. The summed E-state index contributed by atoms with van der Waals surface area (Å²) in [5, 5.41) is 3.86. The van der Waals surface area contributed by atoms with Crippen molar-refractivity contribution in [1.82, 2.24) is 5.43 Å². The number of carbonyl (C=O) groups is 2. The molecular formula is C26H25FN2O5. The highest BCUT2D eigenvalue weighted by Crippen LogP contribution is 2.29. The van der Waals surface area contributed by atoms with Crippen LogP contribution in [-0.4, -0.2) is 31.3 Å². The van der Waals surface area contributed by atoms with E-state index in [1.165, 1.54) is 24.4 Å². The van der Waals surface area contributed by atoms with Crippen molar-refractivity contribution in [3.63, 3.8) is 0 Å². The fourth-order valence-electron chi connectivity index (χ4n) is 2.89. The molecule has 7 nitrogen and oxygen atoms in total. The van der Waals surface area contributed by atoms with Gasteiger partial charge in [0.2, 0.25) is 0 Å². The van der Waals surface area contributed by atoms with Crippen LogP contribution in [0.4, 0.5) is 4.39 Å². The van der Waals surface area contributed by atoms with E-state index in [0.29, 0.717) is 35.8 Å². The molecule has 0 saturated carbocycles. The van der Waals surface area contributed by atoms with Crippen molar-refractivity contribution in [3.05, 3.63) is 89.2 Å². The second-order valence-electron chi connectivity index (χ2n) is 7.08. The van der Waals surface area contributed by atoms with Crippen LogP contribution in [-0.2, 0) is 0 Å².